The molecular formula is C9H4ClF3IN. The molecule has 0 atom stereocenters. The average molecular weight is 345 g/mol. The Hall–Kier alpha value is -0.480. The first-order valence-corrected chi connectivity index (χ1v) is 5.37. The van der Waals surface area contributed by atoms with Gasteiger partial charge in [0.1, 0.15) is 0 Å². The van der Waals surface area contributed by atoms with Crippen molar-refractivity contribution >= 4 is 34.2 Å². The summed E-state index contributed by atoms with van der Waals surface area (Å²) >= 11 is 7.09. The van der Waals surface area contributed by atoms with Crippen molar-refractivity contribution in [3.8, 4) is 6.07 Å². The molecule has 1 nitrogen and oxygen atoms in total. The van der Waals surface area contributed by atoms with Gasteiger partial charge in [-0.3, -0.25) is 0 Å². The van der Waals surface area contributed by atoms with E-state index < -0.39 is 11.7 Å². The fraction of sp³-hybridized carbons (Fsp3) is 0.222. The van der Waals surface area contributed by atoms with E-state index in [1.807, 2.05) is 0 Å². The van der Waals surface area contributed by atoms with E-state index in [1.54, 1.807) is 28.7 Å². The molecular weight excluding hydrogens is 341 g/mol. The first-order valence-electron chi connectivity index (χ1n) is 3.76. The van der Waals surface area contributed by atoms with Gasteiger partial charge in [-0.15, -0.1) is 11.6 Å². The maximum atomic E-state index is 12.5. The van der Waals surface area contributed by atoms with E-state index in [2.05, 4.69) is 0 Å². The highest BCUT2D eigenvalue weighted by molar-refractivity contribution is 14.1. The highest BCUT2D eigenvalue weighted by atomic mass is 127. The second-order valence-electron chi connectivity index (χ2n) is 2.73. The first-order chi connectivity index (χ1) is 6.90. The first kappa shape index (κ1) is 12.6. The Morgan fingerprint density at radius 3 is 2.40 bits per heavy atom. The molecule has 0 spiro atoms. The molecule has 0 fully saturated rings. The van der Waals surface area contributed by atoms with Crippen LogP contribution < -0.4 is 0 Å². The second kappa shape index (κ2) is 4.58. The highest BCUT2D eigenvalue weighted by Gasteiger charge is 2.33. The Kier molecular flexibility index (Phi) is 3.84. The van der Waals surface area contributed by atoms with Gasteiger partial charge in [0.15, 0.2) is 0 Å². The fourth-order valence-corrected chi connectivity index (χ4v) is 2.10. The predicted molar refractivity (Wildman–Crippen MR) is 58.4 cm³/mol. The fourth-order valence-electron chi connectivity index (χ4n) is 1.05. The number of hydrogen-bond donors (Lipinski definition) is 0. The maximum Gasteiger partial charge on any atom is 0.417 e. The topological polar surface area (TPSA) is 23.8 Å². The summed E-state index contributed by atoms with van der Waals surface area (Å²) in [5, 5.41) is 8.65. The van der Waals surface area contributed by atoms with Gasteiger partial charge in [-0.1, -0.05) is 0 Å². The van der Waals surface area contributed by atoms with E-state index in [-0.39, 0.29) is 15.0 Å². The Morgan fingerprint density at radius 1 is 1.40 bits per heavy atom. The van der Waals surface area contributed by atoms with Crippen LogP contribution in [-0.2, 0) is 12.1 Å². The van der Waals surface area contributed by atoms with Gasteiger partial charge >= 0.3 is 6.18 Å². The van der Waals surface area contributed by atoms with E-state index in [9.17, 15) is 13.2 Å². The lowest BCUT2D eigenvalue weighted by atomic mass is 10.1. The zero-order chi connectivity index (χ0) is 11.6. The number of nitrogens with zero attached hydrogens (tertiary/aromatic N) is 1. The van der Waals surface area contributed by atoms with Crippen molar-refractivity contribution in [2.75, 3.05) is 0 Å². The van der Waals surface area contributed by atoms with E-state index in [4.69, 9.17) is 16.9 Å². The summed E-state index contributed by atoms with van der Waals surface area (Å²) in [5.74, 6) is 0.0248. The van der Waals surface area contributed by atoms with Crippen LogP contribution in [0.15, 0.2) is 12.1 Å². The van der Waals surface area contributed by atoms with Crippen molar-refractivity contribution in [3.05, 3.63) is 32.4 Å². The van der Waals surface area contributed by atoms with Gasteiger partial charge < -0.3 is 0 Å². The Bertz CT molecular complexity index is 423. The van der Waals surface area contributed by atoms with Gasteiger partial charge in [-0.05, 0) is 40.3 Å². The standard InChI is InChI=1S/C9H4ClF3IN/c10-3-5-2-8(14)7(9(11,12)13)1-6(5)4-15/h1-2H,3H2. The number of alkyl halides is 4. The minimum Gasteiger partial charge on any atom is -0.192 e. The second-order valence-corrected chi connectivity index (χ2v) is 4.16. The molecule has 0 aliphatic carbocycles. The van der Waals surface area contributed by atoms with Gasteiger partial charge in [0, 0.05) is 9.45 Å². The number of rotatable bonds is 1. The average Bonchev–Trinajstić information content (AvgIpc) is 2.15. The molecule has 0 N–H and O–H groups in total. The lowest BCUT2D eigenvalue weighted by Crippen LogP contribution is -2.09. The van der Waals surface area contributed by atoms with Gasteiger partial charge in [0.25, 0.3) is 0 Å². The number of halogens is 5. The maximum absolute atomic E-state index is 12.5. The van der Waals surface area contributed by atoms with Crippen molar-refractivity contribution in [2.45, 2.75) is 12.1 Å². The molecule has 0 unspecified atom stereocenters. The molecule has 1 aromatic carbocycles. The molecule has 80 valence electrons. The third-order valence-electron chi connectivity index (χ3n) is 1.76. The minimum absolute atomic E-state index is 0.0248. The molecule has 15 heavy (non-hydrogen) atoms. The lowest BCUT2D eigenvalue weighted by molar-refractivity contribution is -0.138. The zero-order valence-electron chi connectivity index (χ0n) is 7.20. The molecule has 0 amide bonds. The van der Waals surface area contributed by atoms with Crippen molar-refractivity contribution in [3.63, 3.8) is 0 Å². The van der Waals surface area contributed by atoms with Crippen LogP contribution in [0.25, 0.3) is 0 Å². The highest BCUT2D eigenvalue weighted by Crippen LogP contribution is 2.34. The third-order valence-corrected chi connectivity index (χ3v) is 2.94. The van der Waals surface area contributed by atoms with Crippen LogP contribution in [0.5, 0.6) is 0 Å². The summed E-state index contributed by atoms with van der Waals surface area (Å²) in [7, 11) is 0. The molecule has 0 saturated carbocycles. The SMILES string of the molecule is N#Cc1cc(C(F)(F)F)c(I)cc1CCl. The van der Waals surface area contributed by atoms with Crippen LogP contribution in [0, 0.1) is 14.9 Å². The Labute approximate surface area is 103 Å². The summed E-state index contributed by atoms with van der Waals surface area (Å²) in [6.07, 6.45) is -4.44. The van der Waals surface area contributed by atoms with Crippen molar-refractivity contribution in [1.82, 2.24) is 0 Å². The van der Waals surface area contributed by atoms with Crippen LogP contribution in [0.1, 0.15) is 16.7 Å². The summed E-state index contributed by atoms with van der Waals surface area (Å²) in [4.78, 5) is 0. The van der Waals surface area contributed by atoms with Crippen molar-refractivity contribution < 1.29 is 13.2 Å². The Morgan fingerprint density at radius 2 is 2.00 bits per heavy atom. The third kappa shape index (κ3) is 2.75. The van der Waals surface area contributed by atoms with Crippen LogP contribution in [0.4, 0.5) is 13.2 Å². The number of benzene rings is 1. The Balaban J connectivity index is 3.41. The van der Waals surface area contributed by atoms with Gasteiger partial charge in [-0.2, -0.15) is 18.4 Å². The van der Waals surface area contributed by atoms with Crippen molar-refractivity contribution in [2.24, 2.45) is 0 Å². The number of nitriles is 1. The lowest BCUT2D eigenvalue weighted by Gasteiger charge is -2.11. The van der Waals surface area contributed by atoms with Crippen LogP contribution >= 0.6 is 34.2 Å². The van der Waals surface area contributed by atoms with E-state index in [1.165, 1.54) is 6.07 Å². The van der Waals surface area contributed by atoms with Crippen molar-refractivity contribution in [1.29, 1.82) is 5.26 Å². The van der Waals surface area contributed by atoms with Crippen LogP contribution in [-0.4, -0.2) is 0 Å². The summed E-state index contributed by atoms with van der Waals surface area (Å²) < 4.78 is 37.4. The van der Waals surface area contributed by atoms with Gasteiger partial charge in [0.2, 0.25) is 0 Å². The summed E-state index contributed by atoms with van der Waals surface area (Å²) in [6.45, 7) is 0. The molecule has 0 aliphatic heterocycles. The number of hydrogen-bond acceptors (Lipinski definition) is 1. The molecule has 1 aromatic rings. The molecule has 0 aromatic heterocycles. The molecule has 0 heterocycles. The zero-order valence-corrected chi connectivity index (χ0v) is 10.1. The molecule has 0 saturated heterocycles. The smallest absolute Gasteiger partial charge is 0.192 e. The van der Waals surface area contributed by atoms with E-state index in [0.717, 1.165) is 6.07 Å². The largest absolute Gasteiger partial charge is 0.417 e. The predicted octanol–water partition coefficient (Wildman–Crippen LogP) is 3.92. The normalized spacial score (nSPS) is 11.2. The van der Waals surface area contributed by atoms with Crippen LogP contribution in [0.3, 0.4) is 0 Å². The molecule has 6 heteroatoms. The van der Waals surface area contributed by atoms with Gasteiger partial charge in [-0.25, -0.2) is 0 Å². The molecule has 0 radical (unpaired) electrons. The van der Waals surface area contributed by atoms with E-state index >= 15 is 0 Å². The molecule has 1 rings (SSSR count). The van der Waals surface area contributed by atoms with Gasteiger partial charge in [0.05, 0.1) is 17.2 Å². The molecule has 0 bridgehead atoms. The minimum atomic E-state index is -4.44. The molecule has 0 aliphatic rings. The monoisotopic (exact) mass is 345 g/mol. The van der Waals surface area contributed by atoms with E-state index in [0.29, 0.717) is 5.56 Å². The summed E-state index contributed by atoms with van der Waals surface area (Å²) in [5.41, 5.74) is -0.414. The quantitative estimate of drug-likeness (QED) is 0.559. The van der Waals surface area contributed by atoms with Crippen LogP contribution in [0.2, 0.25) is 0 Å². The summed E-state index contributed by atoms with van der Waals surface area (Å²) in [6, 6.07) is 3.82.